The van der Waals surface area contributed by atoms with Crippen LogP contribution in [-0.4, -0.2) is 5.78 Å². The van der Waals surface area contributed by atoms with Crippen molar-refractivity contribution in [2.24, 2.45) is 0 Å². The minimum Gasteiger partial charge on any atom is -0.299 e. The van der Waals surface area contributed by atoms with E-state index < -0.39 is 0 Å². The van der Waals surface area contributed by atoms with Gasteiger partial charge in [-0.05, 0) is 51.2 Å². The van der Waals surface area contributed by atoms with E-state index in [2.05, 4.69) is 16.8 Å². The molecular weight excluding hydrogens is 224 g/mol. The van der Waals surface area contributed by atoms with Crippen LogP contribution in [0, 0.1) is 0 Å². The highest BCUT2D eigenvalue weighted by Gasteiger charge is 2.04. The second kappa shape index (κ2) is 5.24. The van der Waals surface area contributed by atoms with Crippen LogP contribution in [0.1, 0.15) is 17.5 Å². The highest BCUT2D eigenvalue weighted by Crippen LogP contribution is 2.11. The van der Waals surface area contributed by atoms with Gasteiger partial charge in [0.1, 0.15) is 5.78 Å². The average Bonchev–Trinajstić information content (AvgIpc) is 2.86. The van der Waals surface area contributed by atoms with Gasteiger partial charge in [0.2, 0.25) is 0 Å². The van der Waals surface area contributed by atoms with E-state index in [1.165, 1.54) is 5.56 Å². The van der Waals surface area contributed by atoms with Gasteiger partial charge in [-0.3, -0.25) is 4.79 Å². The second-order valence-electron chi connectivity index (χ2n) is 3.48. The summed E-state index contributed by atoms with van der Waals surface area (Å²) < 4.78 is 0. The second-order valence-corrected chi connectivity index (χ2v) is 5.04. The van der Waals surface area contributed by atoms with Gasteiger partial charge >= 0.3 is 0 Å². The largest absolute Gasteiger partial charge is 0.299 e. The third-order valence-electron chi connectivity index (χ3n) is 2.25. The zero-order chi connectivity index (χ0) is 10.5. The molecule has 0 aliphatic heterocycles. The van der Waals surface area contributed by atoms with Crippen LogP contribution in [0.25, 0.3) is 0 Å². The van der Waals surface area contributed by atoms with Crippen molar-refractivity contribution in [3.8, 4) is 0 Å². The molecule has 2 aromatic rings. The van der Waals surface area contributed by atoms with Crippen LogP contribution in [0.3, 0.4) is 0 Å². The molecule has 15 heavy (non-hydrogen) atoms. The Morgan fingerprint density at radius 3 is 2.33 bits per heavy atom. The van der Waals surface area contributed by atoms with Crippen molar-refractivity contribution in [3.05, 3.63) is 44.8 Å². The minimum atomic E-state index is 0.333. The maximum absolute atomic E-state index is 11.6. The Bertz CT molecular complexity index is 401. The van der Waals surface area contributed by atoms with Gasteiger partial charge in [-0.2, -0.15) is 22.7 Å². The summed E-state index contributed by atoms with van der Waals surface area (Å²) in [7, 11) is 0. The molecule has 0 saturated carbocycles. The fourth-order valence-corrected chi connectivity index (χ4v) is 2.80. The Morgan fingerprint density at radius 2 is 1.73 bits per heavy atom. The fraction of sp³-hybridized carbons (Fsp3) is 0.250. The lowest BCUT2D eigenvalue weighted by molar-refractivity contribution is -0.118. The summed E-state index contributed by atoms with van der Waals surface area (Å²) in [6, 6.07) is 4.11. The zero-order valence-electron chi connectivity index (χ0n) is 8.31. The maximum atomic E-state index is 11.6. The first-order valence-electron chi connectivity index (χ1n) is 4.88. The molecular formula is C12H12OS2. The van der Waals surface area contributed by atoms with Crippen molar-refractivity contribution in [3.63, 3.8) is 0 Å². The Hall–Kier alpha value is -0.930. The number of hydrogen-bond acceptors (Lipinski definition) is 3. The third-order valence-corrected chi connectivity index (χ3v) is 3.72. The highest BCUT2D eigenvalue weighted by atomic mass is 32.1. The summed E-state index contributed by atoms with van der Waals surface area (Å²) in [6.45, 7) is 0. The van der Waals surface area contributed by atoms with Gasteiger partial charge in [0.05, 0.1) is 0 Å². The van der Waals surface area contributed by atoms with Gasteiger partial charge in [0, 0.05) is 12.8 Å². The van der Waals surface area contributed by atoms with Crippen LogP contribution in [-0.2, 0) is 17.6 Å². The van der Waals surface area contributed by atoms with E-state index in [1.807, 2.05) is 16.8 Å². The monoisotopic (exact) mass is 236 g/mol. The van der Waals surface area contributed by atoms with E-state index in [9.17, 15) is 4.79 Å². The van der Waals surface area contributed by atoms with E-state index in [0.29, 0.717) is 18.6 Å². The molecule has 0 unspecified atom stereocenters. The number of Topliss-reactive ketones (excluding diaryl/α,β-unsaturated/α-hetero) is 1. The van der Waals surface area contributed by atoms with Gasteiger partial charge in [0.25, 0.3) is 0 Å². The molecule has 2 aromatic heterocycles. The number of carbonyl (C=O) groups is 1. The van der Waals surface area contributed by atoms with E-state index in [-0.39, 0.29) is 0 Å². The molecule has 0 aliphatic rings. The number of thiophene rings is 2. The standard InChI is InChI=1S/C12H12OS2/c13-12(7-11-4-6-15-9-11)2-1-10-3-5-14-8-10/h3-6,8-9H,1-2,7H2. The lowest BCUT2D eigenvalue weighted by Crippen LogP contribution is -2.03. The summed E-state index contributed by atoms with van der Waals surface area (Å²) in [5.41, 5.74) is 2.42. The van der Waals surface area contributed by atoms with Gasteiger partial charge in [-0.25, -0.2) is 0 Å². The van der Waals surface area contributed by atoms with Crippen LogP contribution >= 0.6 is 22.7 Å². The molecule has 0 atom stereocenters. The third kappa shape index (κ3) is 3.29. The minimum absolute atomic E-state index is 0.333. The lowest BCUT2D eigenvalue weighted by atomic mass is 10.1. The topological polar surface area (TPSA) is 17.1 Å². The summed E-state index contributed by atoms with van der Waals surface area (Å²) >= 11 is 3.33. The molecule has 0 aromatic carbocycles. The number of carbonyl (C=O) groups excluding carboxylic acids is 1. The van der Waals surface area contributed by atoms with Crippen LogP contribution in [0.2, 0.25) is 0 Å². The van der Waals surface area contributed by atoms with Crippen LogP contribution in [0.5, 0.6) is 0 Å². The van der Waals surface area contributed by atoms with E-state index in [4.69, 9.17) is 0 Å². The first-order chi connectivity index (χ1) is 7.34. The summed E-state index contributed by atoms with van der Waals surface area (Å²) in [5.74, 6) is 0.333. The Kier molecular flexibility index (Phi) is 3.69. The molecule has 78 valence electrons. The van der Waals surface area contributed by atoms with Gasteiger partial charge in [-0.1, -0.05) is 0 Å². The van der Waals surface area contributed by atoms with E-state index in [1.54, 1.807) is 22.7 Å². The van der Waals surface area contributed by atoms with E-state index in [0.717, 1.165) is 12.0 Å². The average molecular weight is 236 g/mol. The van der Waals surface area contributed by atoms with Crippen molar-refractivity contribution in [2.75, 3.05) is 0 Å². The first-order valence-corrected chi connectivity index (χ1v) is 6.77. The van der Waals surface area contributed by atoms with Crippen LogP contribution < -0.4 is 0 Å². The highest BCUT2D eigenvalue weighted by molar-refractivity contribution is 7.08. The fourth-order valence-electron chi connectivity index (χ4n) is 1.43. The van der Waals surface area contributed by atoms with Crippen molar-refractivity contribution >= 4 is 28.5 Å². The zero-order valence-corrected chi connectivity index (χ0v) is 9.94. The SMILES string of the molecule is O=C(CCc1ccsc1)Cc1ccsc1. The molecule has 0 bridgehead atoms. The first kappa shape index (κ1) is 10.6. The van der Waals surface area contributed by atoms with Crippen molar-refractivity contribution in [1.82, 2.24) is 0 Å². The molecule has 0 fully saturated rings. The predicted octanol–water partition coefficient (Wildman–Crippen LogP) is 3.55. The molecule has 0 radical (unpaired) electrons. The quantitative estimate of drug-likeness (QED) is 0.776. The Labute approximate surface area is 97.4 Å². The van der Waals surface area contributed by atoms with Crippen LogP contribution in [0.15, 0.2) is 33.7 Å². The van der Waals surface area contributed by atoms with Crippen LogP contribution in [0.4, 0.5) is 0 Å². The normalized spacial score (nSPS) is 10.4. The maximum Gasteiger partial charge on any atom is 0.137 e. The molecule has 2 rings (SSSR count). The molecule has 0 spiro atoms. The van der Waals surface area contributed by atoms with E-state index >= 15 is 0 Å². The molecule has 0 aliphatic carbocycles. The molecule has 0 saturated heterocycles. The number of aryl methyl sites for hydroxylation is 1. The van der Waals surface area contributed by atoms with Gasteiger partial charge < -0.3 is 0 Å². The molecule has 1 nitrogen and oxygen atoms in total. The number of hydrogen-bond donors (Lipinski definition) is 0. The smallest absolute Gasteiger partial charge is 0.137 e. The number of rotatable bonds is 5. The van der Waals surface area contributed by atoms with Crippen molar-refractivity contribution in [2.45, 2.75) is 19.3 Å². The summed E-state index contributed by atoms with van der Waals surface area (Å²) in [5, 5.41) is 8.22. The summed E-state index contributed by atoms with van der Waals surface area (Å²) in [6.07, 6.45) is 2.13. The molecule has 0 amide bonds. The Balaban J connectivity index is 1.78. The van der Waals surface area contributed by atoms with Crippen molar-refractivity contribution < 1.29 is 4.79 Å². The van der Waals surface area contributed by atoms with Crippen molar-refractivity contribution in [1.29, 1.82) is 0 Å². The Morgan fingerprint density at radius 1 is 1.07 bits per heavy atom. The van der Waals surface area contributed by atoms with Gasteiger partial charge in [0.15, 0.2) is 0 Å². The number of ketones is 1. The summed E-state index contributed by atoms with van der Waals surface area (Å²) in [4.78, 5) is 11.6. The lowest BCUT2D eigenvalue weighted by Gasteiger charge is -1.97. The molecule has 0 N–H and O–H groups in total. The van der Waals surface area contributed by atoms with Gasteiger partial charge in [-0.15, -0.1) is 0 Å². The molecule has 3 heteroatoms. The predicted molar refractivity (Wildman–Crippen MR) is 65.7 cm³/mol. The molecule has 2 heterocycles.